The van der Waals surface area contributed by atoms with E-state index >= 15 is 0 Å². The molecule has 0 nitrogen and oxygen atoms in total. The van der Waals surface area contributed by atoms with Crippen LogP contribution in [-0.2, 0) is 0 Å². The zero-order valence-corrected chi connectivity index (χ0v) is 38.0. The Labute approximate surface area is 349 Å². The van der Waals surface area contributed by atoms with Crippen LogP contribution in [0.25, 0.3) is 32.7 Å². The predicted molar refractivity (Wildman–Crippen MR) is 265 cm³/mol. The average Bonchev–Trinajstić information content (AvgIpc) is 3.23. The van der Waals surface area contributed by atoms with E-state index in [-0.39, 0.29) is 0 Å². The van der Waals surface area contributed by atoms with Crippen molar-refractivity contribution in [2.24, 2.45) is 0 Å². The molecule has 0 aromatic heterocycles. The molecule has 0 aliphatic carbocycles. The third-order valence-corrected chi connectivity index (χ3v) is 16.7. The lowest BCUT2D eigenvalue weighted by atomic mass is 9.91. The van der Waals surface area contributed by atoms with Gasteiger partial charge in [0.05, 0.1) is 0 Å². The lowest BCUT2D eigenvalue weighted by molar-refractivity contribution is 1.68. The van der Waals surface area contributed by atoms with Gasteiger partial charge in [0.1, 0.15) is 16.1 Å². The summed E-state index contributed by atoms with van der Waals surface area (Å²) < 4.78 is 0. The van der Waals surface area contributed by atoms with Gasteiger partial charge in [0.15, 0.2) is 0 Å². The fraction of sp³-hybridized carbons (Fsp3) is 0.111. The van der Waals surface area contributed by atoms with E-state index in [2.05, 4.69) is 244 Å². The Morgan fingerprint density at radius 1 is 0.310 bits per heavy atom. The highest BCUT2D eigenvalue weighted by Crippen LogP contribution is 2.46. The van der Waals surface area contributed by atoms with Crippen molar-refractivity contribution in [2.75, 3.05) is 0 Å². The molecule has 8 aromatic rings. The van der Waals surface area contributed by atoms with Crippen molar-refractivity contribution in [1.82, 2.24) is 0 Å². The molecule has 0 N–H and O–H groups in total. The smallest absolute Gasteiger partial charge is 0.127 e. The SMILES string of the molecule is C[Si](C)(C)C#Cc1cccc2c(-c3c(P(c4ccccc4)c4ccccc4)ccc4c(C#C[Si](C)(C)C)cccc34)c(P(c3ccccc3)c3ccccc3)ccc12. The summed E-state index contributed by atoms with van der Waals surface area (Å²) in [5.41, 5.74) is 12.2. The first-order valence-electron chi connectivity index (χ1n) is 20.0. The van der Waals surface area contributed by atoms with Gasteiger partial charge in [-0.25, -0.2) is 0 Å². The summed E-state index contributed by atoms with van der Waals surface area (Å²) in [6, 6.07) is 67.7. The van der Waals surface area contributed by atoms with Gasteiger partial charge in [-0.3, -0.25) is 0 Å². The van der Waals surface area contributed by atoms with Gasteiger partial charge in [-0.2, -0.15) is 0 Å². The van der Waals surface area contributed by atoms with Gasteiger partial charge in [0.2, 0.25) is 0 Å². The summed E-state index contributed by atoms with van der Waals surface area (Å²) in [6.07, 6.45) is 0. The van der Waals surface area contributed by atoms with E-state index in [9.17, 15) is 0 Å². The molecular weight excluding hydrogens is 767 g/mol. The van der Waals surface area contributed by atoms with E-state index in [0.29, 0.717) is 0 Å². The van der Waals surface area contributed by atoms with E-state index in [0.717, 1.165) is 11.1 Å². The molecule has 0 bridgehead atoms. The van der Waals surface area contributed by atoms with Crippen molar-refractivity contribution in [3.8, 4) is 34.1 Å². The third-order valence-electron chi connectivity index (χ3n) is 10.0. The van der Waals surface area contributed by atoms with Gasteiger partial charge >= 0.3 is 0 Å². The summed E-state index contributed by atoms with van der Waals surface area (Å²) in [5.74, 6) is 7.38. The maximum atomic E-state index is 3.70. The fourth-order valence-electron chi connectivity index (χ4n) is 7.48. The lowest BCUT2D eigenvalue weighted by Gasteiger charge is -2.28. The minimum Gasteiger partial charge on any atom is -0.127 e. The highest BCUT2D eigenvalue weighted by Gasteiger charge is 2.29. The quantitative estimate of drug-likeness (QED) is 0.0854. The molecule has 0 saturated carbocycles. The standard InChI is InChI=1S/C54H48P2Si2/c1-57(2,3)39-37-41-21-19-31-49-47(41)33-35-51(55(43-23-11-7-12-24-43)44-25-13-8-14-26-44)53(49)54-50-32-20-22-42(38-40-58(4,5)6)48(50)34-36-52(54)56(45-27-15-9-16-28-45)46-29-17-10-18-30-46/h7-36H,1-6H3. The van der Waals surface area contributed by atoms with E-state index < -0.39 is 32.0 Å². The van der Waals surface area contributed by atoms with Crippen molar-refractivity contribution in [1.29, 1.82) is 0 Å². The van der Waals surface area contributed by atoms with Crippen LogP contribution in [0.4, 0.5) is 0 Å². The van der Waals surface area contributed by atoms with E-state index in [1.54, 1.807) is 0 Å². The van der Waals surface area contributed by atoms with E-state index in [1.807, 2.05) is 0 Å². The Balaban J connectivity index is 1.58. The summed E-state index contributed by atoms with van der Waals surface area (Å²) in [6.45, 7) is 13.9. The van der Waals surface area contributed by atoms with Crippen LogP contribution in [0, 0.1) is 22.9 Å². The van der Waals surface area contributed by atoms with E-state index in [1.165, 1.54) is 64.5 Å². The van der Waals surface area contributed by atoms with Crippen LogP contribution in [0.2, 0.25) is 39.3 Å². The number of benzene rings is 8. The van der Waals surface area contributed by atoms with Crippen LogP contribution >= 0.6 is 15.8 Å². The fourth-order valence-corrected chi connectivity index (χ4v) is 13.4. The Bertz CT molecular complexity index is 2570. The minimum atomic E-state index is -1.65. The van der Waals surface area contributed by atoms with Crippen LogP contribution in [0.1, 0.15) is 11.1 Å². The number of rotatable bonds is 7. The zero-order chi connectivity index (χ0) is 40.3. The van der Waals surface area contributed by atoms with Crippen LogP contribution in [0.15, 0.2) is 182 Å². The molecule has 0 radical (unpaired) electrons. The minimum absolute atomic E-state index is 0.969. The molecule has 58 heavy (non-hydrogen) atoms. The highest BCUT2D eigenvalue weighted by molar-refractivity contribution is 7.80. The molecule has 4 heteroatoms. The predicted octanol–water partition coefficient (Wildman–Crippen LogP) is 11.6. The average molecular weight is 815 g/mol. The summed E-state index contributed by atoms with van der Waals surface area (Å²) in [4.78, 5) is 0. The molecular formula is C54H48P2Si2. The second-order valence-corrected chi connectivity index (χ2v) is 30.6. The van der Waals surface area contributed by atoms with Gasteiger partial charge in [0.25, 0.3) is 0 Å². The second kappa shape index (κ2) is 16.9. The Kier molecular flexibility index (Phi) is 11.5. The molecule has 0 amide bonds. The van der Waals surface area contributed by atoms with Crippen molar-refractivity contribution in [3.05, 3.63) is 193 Å². The normalized spacial score (nSPS) is 11.7. The molecule has 0 unspecified atom stereocenters. The van der Waals surface area contributed by atoms with Crippen molar-refractivity contribution in [3.63, 3.8) is 0 Å². The monoisotopic (exact) mass is 814 g/mol. The number of fused-ring (bicyclic) bond motifs is 2. The van der Waals surface area contributed by atoms with Crippen LogP contribution in [0.3, 0.4) is 0 Å². The van der Waals surface area contributed by atoms with Crippen LogP contribution in [0.5, 0.6) is 0 Å². The summed E-state index contributed by atoms with van der Waals surface area (Å²) in [7, 11) is -5.24. The highest BCUT2D eigenvalue weighted by atomic mass is 31.1. The van der Waals surface area contributed by atoms with Gasteiger partial charge in [0, 0.05) is 11.1 Å². The van der Waals surface area contributed by atoms with Gasteiger partial charge < -0.3 is 0 Å². The van der Waals surface area contributed by atoms with Crippen molar-refractivity contribution in [2.45, 2.75) is 39.3 Å². The molecule has 0 atom stereocenters. The molecule has 0 saturated heterocycles. The summed E-state index contributed by atoms with van der Waals surface area (Å²) in [5, 5.41) is 12.9. The molecule has 282 valence electrons. The molecule has 0 fully saturated rings. The summed E-state index contributed by atoms with van der Waals surface area (Å²) >= 11 is 0. The third kappa shape index (κ3) is 8.59. The maximum Gasteiger partial charge on any atom is 0.129 e. The molecule has 0 aliphatic rings. The Morgan fingerprint density at radius 2 is 0.621 bits per heavy atom. The first kappa shape index (κ1) is 39.5. The molecule has 0 heterocycles. The van der Waals surface area contributed by atoms with Crippen molar-refractivity contribution >= 4 is 85.4 Å². The van der Waals surface area contributed by atoms with Gasteiger partial charge in [-0.05, 0) is 92.5 Å². The van der Waals surface area contributed by atoms with Gasteiger partial charge in [-0.15, -0.1) is 11.1 Å². The topological polar surface area (TPSA) is 0 Å². The largest absolute Gasteiger partial charge is 0.129 e. The number of hydrogen-bond donors (Lipinski definition) is 0. The first-order chi connectivity index (χ1) is 28.1. The van der Waals surface area contributed by atoms with Gasteiger partial charge in [-0.1, -0.05) is 221 Å². The molecule has 0 spiro atoms. The van der Waals surface area contributed by atoms with Crippen LogP contribution in [-0.4, -0.2) is 16.1 Å². The molecule has 8 aromatic carbocycles. The van der Waals surface area contributed by atoms with Crippen molar-refractivity contribution < 1.29 is 0 Å². The second-order valence-electron chi connectivity index (χ2n) is 16.7. The number of hydrogen-bond acceptors (Lipinski definition) is 0. The first-order valence-corrected chi connectivity index (χ1v) is 29.7. The van der Waals surface area contributed by atoms with E-state index in [4.69, 9.17) is 0 Å². The zero-order valence-electron chi connectivity index (χ0n) is 34.2. The Morgan fingerprint density at radius 3 is 0.914 bits per heavy atom. The molecule has 8 rings (SSSR count). The Hall–Kier alpha value is -5.31. The van der Waals surface area contributed by atoms with Crippen LogP contribution < -0.4 is 31.8 Å². The molecule has 0 aliphatic heterocycles. The lowest BCUT2D eigenvalue weighted by Crippen LogP contribution is -2.26. The maximum absolute atomic E-state index is 3.70.